The van der Waals surface area contributed by atoms with E-state index in [4.69, 9.17) is 0 Å². The second-order valence-corrected chi connectivity index (χ2v) is 8.57. The summed E-state index contributed by atoms with van der Waals surface area (Å²) in [6.07, 6.45) is 1.72. The summed E-state index contributed by atoms with van der Waals surface area (Å²) in [5.74, 6) is -0.912. The van der Waals surface area contributed by atoms with Crippen LogP contribution in [0.2, 0.25) is 0 Å². The Balaban J connectivity index is 1.82. The Hall–Kier alpha value is -2.45. The minimum absolute atomic E-state index is 0.185. The molecule has 0 saturated heterocycles. The van der Waals surface area contributed by atoms with E-state index in [9.17, 15) is 17.6 Å². The summed E-state index contributed by atoms with van der Waals surface area (Å²) in [5, 5.41) is 2.73. The molecule has 0 aromatic heterocycles. The van der Waals surface area contributed by atoms with Gasteiger partial charge in [-0.1, -0.05) is 36.4 Å². The van der Waals surface area contributed by atoms with Gasteiger partial charge in [-0.25, -0.2) is 12.8 Å². The molecule has 0 spiro atoms. The molecular weight excluding hydrogens is 381 g/mol. The number of carbonyl (C=O) groups is 1. The standard InChI is InChI=1S/C20H26FN3O3S/c1-23(18-10-4-3-5-11-18)14-8-13-22-20(25)16-24(28(2,26)27)15-17-9-6-7-12-19(17)21/h3-7,9-12H,8,13-16H2,1-2H3,(H,22,25). The Kier molecular flexibility index (Phi) is 7.95. The summed E-state index contributed by atoms with van der Waals surface area (Å²) >= 11 is 0. The maximum absolute atomic E-state index is 13.8. The summed E-state index contributed by atoms with van der Waals surface area (Å²) in [6.45, 7) is 0.639. The van der Waals surface area contributed by atoms with E-state index in [1.165, 1.54) is 18.2 Å². The van der Waals surface area contributed by atoms with E-state index in [2.05, 4.69) is 10.2 Å². The third kappa shape index (κ3) is 6.94. The largest absolute Gasteiger partial charge is 0.375 e. The van der Waals surface area contributed by atoms with Crippen LogP contribution < -0.4 is 10.2 Å². The molecule has 0 radical (unpaired) electrons. The lowest BCUT2D eigenvalue weighted by Crippen LogP contribution is -2.40. The van der Waals surface area contributed by atoms with Gasteiger partial charge in [-0.2, -0.15) is 4.31 Å². The van der Waals surface area contributed by atoms with Gasteiger partial charge in [-0.05, 0) is 24.6 Å². The highest BCUT2D eigenvalue weighted by atomic mass is 32.2. The van der Waals surface area contributed by atoms with Gasteiger partial charge in [0.15, 0.2) is 0 Å². The Bertz CT molecular complexity index is 875. The molecule has 152 valence electrons. The molecule has 0 unspecified atom stereocenters. The summed E-state index contributed by atoms with van der Waals surface area (Å²) in [5.41, 5.74) is 1.31. The molecule has 2 aromatic rings. The number of benzene rings is 2. The lowest BCUT2D eigenvalue weighted by atomic mass is 10.2. The fourth-order valence-electron chi connectivity index (χ4n) is 2.68. The van der Waals surface area contributed by atoms with Crippen LogP contribution in [0.1, 0.15) is 12.0 Å². The van der Waals surface area contributed by atoms with Crippen LogP contribution in [0.3, 0.4) is 0 Å². The highest BCUT2D eigenvalue weighted by molar-refractivity contribution is 7.88. The van der Waals surface area contributed by atoms with E-state index in [1.54, 1.807) is 6.07 Å². The number of hydrogen-bond acceptors (Lipinski definition) is 4. The molecule has 8 heteroatoms. The first-order valence-corrected chi connectivity index (χ1v) is 10.8. The Morgan fingerprint density at radius 1 is 1.07 bits per heavy atom. The molecule has 0 heterocycles. The average Bonchev–Trinajstić information content (AvgIpc) is 2.66. The molecule has 2 rings (SSSR count). The Morgan fingerprint density at radius 3 is 2.36 bits per heavy atom. The van der Waals surface area contributed by atoms with Crippen LogP contribution >= 0.6 is 0 Å². The zero-order chi connectivity index (χ0) is 20.6. The third-order valence-corrected chi connectivity index (χ3v) is 5.48. The van der Waals surface area contributed by atoms with Gasteiger partial charge in [0, 0.05) is 37.9 Å². The second kappa shape index (κ2) is 10.2. The van der Waals surface area contributed by atoms with E-state index in [1.807, 2.05) is 37.4 Å². The van der Waals surface area contributed by atoms with Crippen molar-refractivity contribution in [2.75, 3.05) is 37.8 Å². The fraction of sp³-hybridized carbons (Fsp3) is 0.350. The third-order valence-electron chi connectivity index (χ3n) is 4.28. The topological polar surface area (TPSA) is 69.7 Å². The number of hydrogen-bond donors (Lipinski definition) is 1. The molecule has 2 aromatic carbocycles. The Labute approximate surface area is 166 Å². The van der Waals surface area contributed by atoms with Gasteiger partial charge in [-0.15, -0.1) is 0 Å². The van der Waals surface area contributed by atoms with Crippen LogP contribution in [0, 0.1) is 5.82 Å². The minimum atomic E-state index is -3.66. The Morgan fingerprint density at radius 2 is 1.71 bits per heavy atom. The van der Waals surface area contributed by atoms with Crippen LogP contribution in [0.25, 0.3) is 0 Å². The van der Waals surface area contributed by atoms with Crippen LogP contribution in [0.5, 0.6) is 0 Å². The van der Waals surface area contributed by atoms with E-state index in [-0.39, 0.29) is 18.7 Å². The quantitative estimate of drug-likeness (QED) is 0.613. The maximum Gasteiger partial charge on any atom is 0.235 e. The first kappa shape index (κ1) is 21.8. The number of halogens is 1. The average molecular weight is 408 g/mol. The predicted octanol–water partition coefficient (Wildman–Crippen LogP) is 2.23. The minimum Gasteiger partial charge on any atom is -0.375 e. The van der Waals surface area contributed by atoms with E-state index in [0.717, 1.165) is 22.8 Å². The SMILES string of the molecule is CN(CCCNC(=O)CN(Cc1ccccc1F)S(C)(=O)=O)c1ccccc1. The normalized spacial score (nSPS) is 11.4. The van der Waals surface area contributed by atoms with Gasteiger partial charge in [-0.3, -0.25) is 4.79 Å². The molecule has 0 atom stereocenters. The van der Waals surface area contributed by atoms with Gasteiger partial charge in [0.2, 0.25) is 15.9 Å². The maximum atomic E-state index is 13.8. The number of rotatable bonds is 10. The van der Waals surface area contributed by atoms with Crippen molar-refractivity contribution >= 4 is 21.6 Å². The van der Waals surface area contributed by atoms with Crippen molar-refractivity contribution in [1.29, 1.82) is 0 Å². The molecule has 0 aliphatic heterocycles. The molecule has 0 aliphatic carbocycles. The summed E-state index contributed by atoms with van der Waals surface area (Å²) < 4.78 is 38.7. The monoisotopic (exact) mass is 407 g/mol. The van der Waals surface area contributed by atoms with Crippen LogP contribution in [-0.2, 0) is 21.4 Å². The highest BCUT2D eigenvalue weighted by Crippen LogP contribution is 2.12. The molecule has 0 bridgehead atoms. The van der Waals surface area contributed by atoms with Crippen molar-refractivity contribution in [3.8, 4) is 0 Å². The fourth-order valence-corrected chi connectivity index (χ4v) is 3.40. The van der Waals surface area contributed by atoms with Gasteiger partial charge < -0.3 is 10.2 Å². The lowest BCUT2D eigenvalue weighted by molar-refractivity contribution is -0.121. The zero-order valence-electron chi connectivity index (χ0n) is 16.1. The van der Waals surface area contributed by atoms with Crippen molar-refractivity contribution in [2.24, 2.45) is 0 Å². The summed E-state index contributed by atoms with van der Waals surface area (Å²) in [7, 11) is -1.69. The molecule has 0 fully saturated rings. The zero-order valence-corrected chi connectivity index (χ0v) is 17.0. The summed E-state index contributed by atoms with van der Waals surface area (Å²) in [6, 6.07) is 15.8. The first-order chi connectivity index (χ1) is 13.3. The van der Waals surface area contributed by atoms with Crippen molar-refractivity contribution in [3.05, 3.63) is 66.0 Å². The van der Waals surface area contributed by atoms with Crippen molar-refractivity contribution in [3.63, 3.8) is 0 Å². The number of nitrogens with one attached hydrogen (secondary N) is 1. The number of carbonyl (C=O) groups excluding carboxylic acids is 1. The molecule has 1 N–H and O–H groups in total. The van der Waals surface area contributed by atoms with Crippen molar-refractivity contribution in [1.82, 2.24) is 9.62 Å². The smallest absolute Gasteiger partial charge is 0.235 e. The van der Waals surface area contributed by atoms with Gasteiger partial charge in [0.25, 0.3) is 0 Å². The van der Waals surface area contributed by atoms with Crippen LogP contribution in [-0.4, -0.2) is 51.6 Å². The number of para-hydroxylation sites is 1. The van der Waals surface area contributed by atoms with E-state index in [0.29, 0.717) is 13.0 Å². The van der Waals surface area contributed by atoms with Crippen LogP contribution in [0.15, 0.2) is 54.6 Å². The van der Waals surface area contributed by atoms with Crippen molar-refractivity contribution < 1.29 is 17.6 Å². The van der Waals surface area contributed by atoms with E-state index < -0.39 is 21.7 Å². The molecule has 28 heavy (non-hydrogen) atoms. The van der Waals surface area contributed by atoms with E-state index >= 15 is 0 Å². The van der Waals surface area contributed by atoms with Gasteiger partial charge in [0.1, 0.15) is 5.82 Å². The summed E-state index contributed by atoms with van der Waals surface area (Å²) in [4.78, 5) is 14.2. The number of amides is 1. The second-order valence-electron chi connectivity index (χ2n) is 6.58. The number of anilines is 1. The molecule has 1 amide bonds. The molecule has 0 saturated carbocycles. The lowest BCUT2D eigenvalue weighted by Gasteiger charge is -2.21. The molecule has 0 aliphatic rings. The van der Waals surface area contributed by atoms with Crippen molar-refractivity contribution in [2.45, 2.75) is 13.0 Å². The first-order valence-electron chi connectivity index (χ1n) is 8.99. The van der Waals surface area contributed by atoms with Crippen LogP contribution in [0.4, 0.5) is 10.1 Å². The number of sulfonamides is 1. The number of nitrogens with zero attached hydrogens (tertiary/aromatic N) is 2. The van der Waals surface area contributed by atoms with Gasteiger partial charge >= 0.3 is 0 Å². The molecule has 6 nitrogen and oxygen atoms in total. The highest BCUT2D eigenvalue weighted by Gasteiger charge is 2.21. The predicted molar refractivity (Wildman–Crippen MR) is 109 cm³/mol. The molecular formula is C20H26FN3O3S. The van der Waals surface area contributed by atoms with Gasteiger partial charge in [0.05, 0.1) is 12.8 Å².